The molecule has 0 aliphatic carbocycles. The molecular weight excluding hydrogens is 398 g/mol. The van der Waals surface area contributed by atoms with Crippen LogP contribution in [-0.2, 0) is 16.0 Å². The van der Waals surface area contributed by atoms with Gasteiger partial charge in [0.1, 0.15) is 5.56 Å². The summed E-state index contributed by atoms with van der Waals surface area (Å²) in [5, 5.41) is 2.84. The number of methoxy groups -OCH3 is 3. The molecule has 0 aliphatic heterocycles. The van der Waals surface area contributed by atoms with Gasteiger partial charge in [-0.05, 0) is 42.5 Å². The van der Waals surface area contributed by atoms with Crippen LogP contribution in [0.5, 0.6) is 17.2 Å². The number of esters is 1. The van der Waals surface area contributed by atoms with Gasteiger partial charge in [0.15, 0.2) is 18.1 Å². The minimum absolute atomic E-state index is 0.140. The molecule has 1 amide bonds. The average Bonchev–Trinajstić information content (AvgIpc) is 2.76. The van der Waals surface area contributed by atoms with Crippen molar-refractivity contribution in [3.63, 3.8) is 0 Å². The molecule has 7 heteroatoms. The average molecular weight is 430 g/mol. The maximum atomic E-state index is 12.5. The molecule has 7 nitrogen and oxygen atoms in total. The molecule has 2 rings (SSSR count). The van der Waals surface area contributed by atoms with Crippen molar-refractivity contribution >= 4 is 11.9 Å². The third kappa shape index (κ3) is 6.38. The number of ether oxygens (including phenoxy) is 4. The van der Waals surface area contributed by atoms with Crippen molar-refractivity contribution in [2.45, 2.75) is 33.2 Å². The quantitative estimate of drug-likeness (QED) is 0.576. The highest BCUT2D eigenvalue weighted by atomic mass is 16.5. The first-order chi connectivity index (χ1) is 14.8. The first-order valence-corrected chi connectivity index (χ1v) is 10.1. The zero-order chi connectivity index (χ0) is 23.0. The molecule has 0 saturated heterocycles. The van der Waals surface area contributed by atoms with Gasteiger partial charge < -0.3 is 24.3 Å². The zero-order valence-corrected chi connectivity index (χ0v) is 19.0. The van der Waals surface area contributed by atoms with E-state index in [1.807, 2.05) is 19.1 Å². The summed E-state index contributed by atoms with van der Waals surface area (Å²) in [5.41, 5.74) is 2.38. The minimum Gasteiger partial charge on any atom is -0.493 e. The van der Waals surface area contributed by atoms with Gasteiger partial charge in [-0.2, -0.15) is 0 Å². The van der Waals surface area contributed by atoms with Crippen LogP contribution >= 0.6 is 0 Å². The van der Waals surface area contributed by atoms with Crippen molar-refractivity contribution in [1.29, 1.82) is 0 Å². The first-order valence-electron chi connectivity index (χ1n) is 10.1. The molecule has 2 aromatic rings. The van der Waals surface area contributed by atoms with Crippen LogP contribution in [0.4, 0.5) is 0 Å². The van der Waals surface area contributed by atoms with E-state index < -0.39 is 18.5 Å². The lowest BCUT2D eigenvalue weighted by Crippen LogP contribution is -2.31. The Morgan fingerprint density at radius 3 is 2.06 bits per heavy atom. The van der Waals surface area contributed by atoms with Gasteiger partial charge in [0.05, 0.1) is 27.4 Å². The largest absolute Gasteiger partial charge is 0.493 e. The van der Waals surface area contributed by atoms with Gasteiger partial charge in [-0.1, -0.05) is 38.1 Å². The number of amides is 1. The van der Waals surface area contributed by atoms with E-state index in [4.69, 9.17) is 18.9 Å². The summed E-state index contributed by atoms with van der Waals surface area (Å²) in [7, 11) is 4.34. The van der Waals surface area contributed by atoms with E-state index in [-0.39, 0.29) is 23.1 Å². The van der Waals surface area contributed by atoms with E-state index in [1.54, 1.807) is 6.07 Å². The van der Waals surface area contributed by atoms with Crippen molar-refractivity contribution in [2.75, 3.05) is 27.9 Å². The molecular formula is C24H31NO6. The van der Waals surface area contributed by atoms with E-state index in [2.05, 4.69) is 31.3 Å². The monoisotopic (exact) mass is 429 g/mol. The van der Waals surface area contributed by atoms with Crippen molar-refractivity contribution < 1.29 is 28.5 Å². The Labute approximate surface area is 183 Å². The fourth-order valence-corrected chi connectivity index (χ4v) is 3.25. The third-order valence-corrected chi connectivity index (χ3v) is 4.76. The molecule has 0 radical (unpaired) electrons. The maximum absolute atomic E-state index is 12.5. The molecule has 0 aromatic heterocycles. The Balaban J connectivity index is 1.97. The maximum Gasteiger partial charge on any atom is 0.342 e. The van der Waals surface area contributed by atoms with E-state index in [0.29, 0.717) is 11.7 Å². The van der Waals surface area contributed by atoms with E-state index in [9.17, 15) is 9.59 Å². The minimum atomic E-state index is -0.696. The molecule has 0 saturated carbocycles. The van der Waals surface area contributed by atoms with Crippen LogP contribution in [-0.4, -0.2) is 39.8 Å². The summed E-state index contributed by atoms with van der Waals surface area (Å²) in [4.78, 5) is 24.8. The number of hydrogen-bond acceptors (Lipinski definition) is 6. The summed E-state index contributed by atoms with van der Waals surface area (Å²) in [6.45, 7) is 5.83. The van der Waals surface area contributed by atoms with Crippen LogP contribution in [0.1, 0.15) is 48.3 Å². The number of nitrogens with one attached hydrogen (secondary N) is 1. The van der Waals surface area contributed by atoms with Crippen molar-refractivity contribution in [1.82, 2.24) is 5.32 Å². The summed E-state index contributed by atoms with van der Waals surface area (Å²) >= 11 is 0. The van der Waals surface area contributed by atoms with Crippen LogP contribution in [0.25, 0.3) is 0 Å². The van der Waals surface area contributed by atoms with Gasteiger partial charge in [0.25, 0.3) is 5.91 Å². The second kappa shape index (κ2) is 11.2. The smallest absolute Gasteiger partial charge is 0.342 e. The zero-order valence-electron chi connectivity index (χ0n) is 19.0. The number of hydrogen-bond donors (Lipinski definition) is 1. The van der Waals surface area contributed by atoms with Crippen LogP contribution < -0.4 is 19.5 Å². The molecule has 31 heavy (non-hydrogen) atoms. The molecule has 0 heterocycles. The summed E-state index contributed by atoms with van der Waals surface area (Å²) in [5.74, 6) is 0.370. The Hall–Kier alpha value is -3.22. The molecule has 2 aromatic carbocycles. The summed E-state index contributed by atoms with van der Waals surface area (Å²) in [6, 6.07) is 11.0. The predicted octanol–water partition coefficient (Wildman–Crippen LogP) is 3.95. The molecule has 1 N–H and O–H groups in total. The summed E-state index contributed by atoms with van der Waals surface area (Å²) < 4.78 is 20.9. The molecule has 168 valence electrons. The van der Waals surface area contributed by atoms with Gasteiger partial charge in [0, 0.05) is 0 Å². The molecule has 0 unspecified atom stereocenters. The molecule has 1 atom stereocenters. The van der Waals surface area contributed by atoms with Gasteiger partial charge in [-0.15, -0.1) is 0 Å². The second-order valence-electron chi connectivity index (χ2n) is 7.59. The van der Waals surface area contributed by atoms with E-state index in [1.165, 1.54) is 33.0 Å². The predicted molar refractivity (Wildman–Crippen MR) is 118 cm³/mol. The lowest BCUT2D eigenvalue weighted by molar-refractivity contribution is -0.124. The van der Waals surface area contributed by atoms with Gasteiger partial charge in [0.2, 0.25) is 5.75 Å². The van der Waals surface area contributed by atoms with Crippen LogP contribution in [0.2, 0.25) is 0 Å². The number of benzene rings is 2. The fraction of sp³-hybridized carbons (Fsp3) is 0.417. The SMILES string of the molecule is COc1ccc(C(=O)OCC(=O)N[C@@H](C)c2ccc(CC(C)C)cc2)c(OC)c1OC. The normalized spacial score (nSPS) is 11.6. The molecule has 0 aliphatic rings. The Bertz CT molecular complexity index is 892. The fourth-order valence-electron chi connectivity index (χ4n) is 3.25. The molecule has 0 fully saturated rings. The number of rotatable bonds is 10. The lowest BCUT2D eigenvalue weighted by atomic mass is 10.00. The van der Waals surface area contributed by atoms with Crippen molar-refractivity contribution in [2.24, 2.45) is 5.92 Å². The Morgan fingerprint density at radius 2 is 1.52 bits per heavy atom. The Kier molecular flexibility index (Phi) is 8.73. The second-order valence-corrected chi connectivity index (χ2v) is 7.59. The Morgan fingerprint density at radius 1 is 0.871 bits per heavy atom. The van der Waals surface area contributed by atoms with Crippen LogP contribution in [0, 0.1) is 5.92 Å². The topological polar surface area (TPSA) is 83.1 Å². The third-order valence-electron chi connectivity index (χ3n) is 4.76. The highest BCUT2D eigenvalue weighted by Crippen LogP contribution is 2.39. The first kappa shape index (κ1) is 24.1. The highest BCUT2D eigenvalue weighted by molar-refractivity contribution is 5.95. The molecule has 0 spiro atoms. The van der Waals surface area contributed by atoms with Crippen molar-refractivity contribution in [3.8, 4) is 17.2 Å². The lowest BCUT2D eigenvalue weighted by Gasteiger charge is -2.16. The van der Waals surface area contributed by atoms with Crippen LogP contribution in [0.3, 0.4) is 0 Å². The summed E-state index contributed by atoms with van der Waals surface area (Å²) in [6.07, 6.45) is 1.01. The van der Waals surface area contributed by atoms with E-state index in [0.717, 1.165) is 12.0 Å². The van der Waals surface area contributed by atoms with Crippen LogP contribution in [0.15, 0.2) is 36.4 Å². The highest BCUT2D eigenvalue weighted by Gasteiger charge is 2.22. The standard InChI is InChI=1S/C24H31NO6/c1-15(2)13-17-7-9-18(10-8-17)16(3)25-21(26)14-31-24(27)19-11-12-20(28-4)23(30-6)22(19)29-5/h7-12,15-16H,13-14H2,1-6H3,(H,25,26)/t16-/m0/s1. The van der Waals surface area contributed by atoms with Crippen molar-refractivity contribution in [3.05, 3.63) is 53.1 Å². The van der Waals surface area contributed by atoms with E-state index >= 15 is 0 Å². The number of carbonyl (C=O) groups excluding carboxylic acids is 2. The number of carbonyl (C=O) groups is 2. The molecule has 0 bridgehead atoms. The van der Waals surface area contributed by atoms with Gasteiger partial charge >= 0.3 is 5.97 Å². The van der Waals surface area contributed by atoms with Gasteiger partial charge in [-0.3, -0.25) is 4.79 Å². The van der Waals surface area contributed by atoms with Gasteiger partial charge in [-0.25, -0.2) is 4.79 Å².